The molecule has 0 heterocycles. The molecule has 0 bridgehead atoms. The van der Waals surface area contributed by atoms with Gasteiger partial charge >= 0.3 is 0 Å². The molecule has 0 spiro atoms. The van der Waals surface area contributed by atoms with Crippen LogP contribution in [-0.2, 0) is 11.2 Å². The van der Waals surface area contributed by atoms with Crippen LogP contribution in [0.25, 0.3) is 0 Å². The summed E-state index contributed by atoms with van der Waals surface area (Å²) in [6.07, 6.45) is 0.784. The van der Waals surface area contributed by atoms with Crippen LogP contribution in [0, 0.1) is 25.7 Å². The standard InChI is InChI=1S/C19H19NO2/c1-14-3-5-16(6-4-14)11-12-20-19(22)10-8-17-7-9-18(21)15(2)13-17/h3-7,9,13,21H,11-12H2,1-2H3,(H,20,22). The fourth-order valence-corrected chi connectivity index (χ4v) is 1.98. The van der Waals surface area contributed by atoms with E-state index in [0.717, 1.165) is 12.0 Å². The second-order valence-electron chi connectivity index (χ2n) is 5.24. The van der Waals surface area contributed by atoms with Gasteiger partial charge in [-0.15, -0.1) is 0 Å². The summed E-state index contributed by atoms with van der Waals surface area (Å²) >= 11 is 0. The lowest BCUT2D eigenvalue weighted by atomic mass is 10.1. The highest BCUT2D eigenvalue weighted by atomic mass is 16.3. The molecule has 2 aromatic carbocycles. The van der Waals surface area contributed by atoms with Crippen molar-refractivity contribution in [1.82, 2.24) is 5.32 Å². The average molecular weight is 293 g/mol. The predicted octanol–water partition coefficient (Wildman–Crippen LogP) is 2.72. The van der Waals surface area contributed by atoms with Crippen molar-refractivity contribution >= 4 is 5.91 Å². The Bertz CT molecular complexity index is 721. The SMILES string of the molecule is Cc1ccc(CCNC(=O)C#Cc2ccc(O)c(C)c2)cc1. The molecule has 0 aromatic heterocycles. The average Bonchev–Trinajstić information content (AvgIpc) is 2.50. The number of benzene rings is 2. The van der Waals surface area contributed by atoms with Crippen LogP contribution in [0.2, 0.25) is 0 Å². The number of phenolic OH excluding ortho intramolecular Hbond substituents is 1. The molecule has 2 N–H and O–H groups in total. The number of rotatable bonds is 3. The van der Waals surface area contributed by atoms with E-state index in [-0.39, 0.29) is 11.7 Å². The number of carbonyl (C=O) groups is 1. The monoisotopic (exact) mass is 293 g/mol. The number of carbonyl (C=O) groups excluding carboxylic acids is 1. The maximum absolute atomic E-state index is 11.7. The van der Waals surface area contributed by atoms with Gasteiger partial charge in [-0.25, -0.2) is 0 Å². The van der Waals surface area contributed by atoms with Gasteiger partial charge in [0.15, 0.2) is 0 Å². The van der Waals surface area contributed by atoms with E-state index in [1.54, 1.807) is 25.1 Å². The number of aryl methyl sites for hydroxylation is 2. The summed E-state index contributed by atoms with van der Waals surface area (Å²) in [5.74, 6) is 5.29. The molecule has 0 aliphatic rings. The summed E-state index contributed by atoms with van der Waals surface area (Å²) in [6, 6.07) is 13.3. The van der Waals surface area contributed by atoms with Crippen molar-refractivity contribution in [3.05, 3.63) is 64.7 Å². The predicted molar refractivity (Wildman–Crippen MR) is 87.6 cm³/mol. The van der Waals surface area contributed by atoms with Crippen molar-refractivity contribution < 1.29 is 9.90 Å². The first-order chi connectivity index (χ1) is 10.5. The first-order valence-corrected chi connectivity index (χ1v) is 7.19. The molecule has 22 heavy (non-hydrogen) atoms. The number of amides is 1. The van der Waals surface area contributed by atoms with Crippen molar-refractivity contribution in [3.8, 4) is 17.6 Å². The summed E-state index contributed by atoms with van der Waals surface area (Å²) in [4.78, 5) is 11.7. The lowest BCUT2D eigenvalue weighted by Crippen LogP contribution is -2.23. The second kappa shape index (κ2) is 7.33. The van der Waals surface area contributed by atoms with Crippen LogP contribution < -0.4 is 5.32 Å². The molecule has 2 aromatic rings. The van der Waals surface area contributed by atoms with Gasteiger partial charge in [0.2, 0.25) is 0 Å². The highest BCUT2D eigenvalue weighted by molar-refractivity contribution is 5.94. The Kier molecular flexibility index (Phi) is 5.21. The van der Waals surface area contributed by atoms with Gasteiger partial charge < -0.3 is 10.4 Å². The summed E-state index contributed by atoms with van der Waals surface area (Å²) < 4.78 is 0. The topological polar surface area (TPSA) is 49.3 Å². The smallest absolute Gasteiger partial charge is 0.296 e. The van der Waals surface area contributed by atoms with Crippen LogP contribution in [-0.4, -0.2) is 17.6 Å². The van der Waals surface area contributed by atoms with E-state index >= 15 is 0 Å². The van der Waals surface area contributed by atoms with Crippen molar-refractivity contribution in [1.29, 1.82) is 0 Å². The maximum Gasteiger partial charge on any atom is 0.296 e. The van der Waals surface area contributed by atoms with E-state index in [9.17, 15) is 9.90 Å². The van der Waals surface area contributed by atoms with E-state index in [4.69, 9.17) is 0 Å². The zero-order valence-corrected chi connectivity index (χ0v) is 12.8. The first-order valence-electron chi connectivity index (χ1n) is 7.19. The Morgan fingerprint density at radius 3 is 2.55 bits per heavy atom. The molecule has 0 radical (unpaired) electrons. The Morgan fingerprint density at radius 1 is 1.14 bits per heavy atom. The minimum Gasteiger partial charge on any atom is -0.508 e. The van der Waals surface area contributed by atoms with Crippen LogP contribution in [0.15, 0.2) is 42.5 Å². The summed E-state index contributed by atoms with van der Waals surface area (Å²) in [6.45, 7) is 4.40. The molecule has 0 atom stereocenters. The van der Waals surface area contributed by atoms with Crippen molar-refractivity contribution in [2.75, 3.05) is 6.54 Å². The summed E-state index contributed by atoms with van der Waals surface area (Å²) in [7, 11) is 0. The van der Waals surface area contributed by atoms with Crippen molar-refractivity contribution in [2.45, 2.75) is 20.3 Å². The van der Waals surface area contributed by atoms with Crippen LogP contribution in [0.1, 0.15) is 22.3 Å². The molecule has 2 rings (SSSR count). The Morgan fingerprint density at radius 2 is 1.86 bits per heavy atom. The number of phenols is 1. The number of hydrogen-bond acceptors (Lipinski definition) is 2. The molecule has 0 saturated heterocycles. The Labute approximate surface area is 131 Å². The molecule has 0 saturated carbocycles. The molecule has 0 aliphatic carbocycles. The van der Waals surface area contributed by atoms with E-state index in [0.29, 0.717) is 12.1 Å². The van der Waals surface area contributed by atoms with Crippen LogP contribution >= 0.6 is 0 Å². The van der Waals surface area contributed by atoms with Gasteiger partial charge in [0.1, 0.15) is 5.75 Å². The molecule has 1 amide bonds. The van der Waals surface area contributed by atoms with Crippen LogP contribution in [0.4, 0.5) is 0 Å². The normalized spacial score (nSPS) is 9.73. The molecule has 0 fully saturated rings. The van der Waals surface area contributed by atoms with E-state index in [2.05, 4.69) is 41.4 Å². The first kappa shape index (κ1) is 15.7. The molecule has 0 aliphatic heterocycles. The van der Waals surface area contributed by atoms with Gasteiger partial charge in [-0.3, -0.25) is 4.79 Å². The third-order valence-corrected chi connectivity index (χ3v) is 3.34. The fourth-order valence-electron chi connectivity index (χ4n) is 1.98. The summed E-state index contributed by atoms with van der Waals surface area (Å²) in [5, 5.41) is 12.2. The number of nitrogens with one attached hydrogen (secondary N) is 1. The molecular weight excluding hydrogens is 274 g/mol. The zero-order chi connectivity index (χ0) is 15.9. The van der Waals surface area contributed by atoms with Gasteiger partial charge in [-0.2, -0.15) is 0 Å². The largest absolute Gasteiger partial charge is 0.508 e. The number of aromatic hydroxyl groups is 1. The highest BCUT2D eigenvalue weighted by Crippen LogP contribution is 2.16. The molecular formula is C19H19NO2. The third kappa shape index (κ3) is 4.68. The third-order valence-electron chi connectivity index (χ3n) is 3.34. The minimum atomic E-state index is -0.294. The quantitative estimate of drug-likeness (QED) is 0.855. The summed E-state index contributed by atoms with van der Waals surface area (Å²) in [5.41, 5.74) is 3.87. The van der Waals surface area contributed by atoms with E-state index in [1.165, 1.54) is 11.1 Å². The Balaban J connectivity index is 1.84. The Hall–Kier alpha value is -2.73. The minimum absolute atomic E-state index is 0.230. The lowest BCUT2D eigenvalue weighted by molar-refractivity contribution is -0.115. The van der Waals surface area contributed by atoms with Gasteiger partial charge in [-0.1, -0.05) is 35.7 Å². The van der Waals surface area contributed by atoms with Gasteiger partial charge in [0.25, 0.3) is 5.91 Å². The van der Waals surface area contributed by atoms with Gasteiger partial charge in [0.05, 0.1) is 0 Å². The van der Waals surface area contributed by atoms with Gasteiger partial charge in [-0.05, 0) is 49.6 Å². The molecule has 0 unspecified atom stereocenters. The lowest BCUT2D eigenvalue weighted by Gasteiger charge is -2.02. The second-order valence-corrected chi connectivity index (χ2v) is 5.24. The zero-order valence-electron chi connectivity index (χ0n) is 12.8. The van der Waals surface area contributed by atoms with Crippen molar-refractivity contribution in [2.24, 2.45) is 0 Å². The number of hydrogen-bond donors (Lipinski definition) is 2. The van der Waals surface area contributed by atoms with Gasteiger partial charge in [0, 0.05) is 18.0 Å². The highest BCUT2D eigenvalue weighted by Gasteiger charge is 1.98. The van der Waals surface area contributed by atoms with Crippen LogP contribution in [0.3, 0.4) is 0 Å². The van der Waals surface area contributed by atoms with E-state index in [1.807, 2.05) is 6.92 Å². The van der Waals surface area contributed by atoms with Crippen LogP contribution in [0.5, 0.6) is 5.75 Å². The maximum atomic E-state index is 11.7. The van der Waals surface area contributed by atoms with Crippen molar-refractivity contribution in [3.63, 3.8) is 0 Å². The molecule has 112 valence electrons. The fraction of sp³-hybridized carbons (Fsp3) is 0.211. The molecule has 3 heteroatoms. The van der Waals surface area contributed by atoms with E-state index < -0.39 is 0 Å². The molecule has 3 nitrogen and oxygen atoms in total.